The van der Waals surface area contributed by atoms with Gasteiger partial charge in [0.15, 0.2) is 17.0 Å². The summed E-state index contributed by atoms with van der Waals surface area (Å²) in [5.41, 5.74) is 6.70. The summed E-state index contributed by atoms with van der Waals surface area (Å²) in [6.07, 6.45) is 4.38. The topological polar surface area (TPSA) is 89.8 Å². The van der Waals surface area contributed by atoms with Crippen molar-refractivity contribution in [1.29, 1.82) is 0 Å². The molecule has 0 spiro atoms. The number of nitrogen functional groups attached to an aromatic ring is 1. The van der Waals surface area contributed by atoms with E-state index in [9.17, 15) is 0 Å². The van der Waals surface area contributed by atoms with Crippen LogP contribution in [0.1, 0.15) is 6.92 Å². The van der Waals surface area contributed by atoms with E-state index in [0.717, 1.165) is 0 Å². The number of rotatable bonds is 1. The molecule has 0 bridgehead atoms. The monoisotopic (exact) mass is 191 g/mol. The highest BCUT2D eigenvalue weighted by Gasteiger charge is 2.05. The molecule has 0 fully saturated rings. The number of imidazole rings is 1. The molecule has 6 nitrogen and oxygen atoms in total. The molecule has 14 heavy (non-hydrogen) atoms. The molecule has 2 heterocycles. The summed E-state index contributed by atoms with van der Waals surface area (Å²) in [6.45, 7) is 1.57. The highest BCUT2D eigenvalue weighted by Crippen LogP contribution is 2.14. The zero-order chi connectivity index (χ0) is 10.1. The molecular weight excluding hydrogens is 182 g/mol. The van der Waals surface area contributed by atoms with Crippen molar-refractivity contribution in [2.45, 2.75) is 6.92 Å². The standard InChI is InChI=1S/C8H9N5O/c1-5(14)2-13-4-12-6-7(9)10-3-11-8(6)13/h2-4,14H,1H3,(H2,9,10,11). The Kier molecular flexibility index (Phi) is 1.81. The molecule has 0 atom stereocenters. The SMILES string of the molecule is CC(O)=Cn1cnc2c(N)ncnc21. The first-order valence-electron chi connectivity index (χ1n) is 3.99. The van der Waals surface area contributed by atoms with Gasteiger partial charge < -0.3 is 10.8 Å². The lowest BCUT2D eigenvalue weighted by atomic mass is 10.5. The number of allylic oxidation sites excluding steroid dienone is 1. The van der Waals surface area contributed by atoms with E-state index in [1.54, 1.807) is 11.5 Å². The normalized spacial score (nSPS) is 12.2. The summed E-state index contributed by atoms with van der Waals surface area (Å²) in [4.78, 5) is 11.8. The molecule has 0 aliphatic rings. The van der Waals surface area contributed by atoms with Gasteiger partial charge in [-0.1, -0.05) is 0 Å². The van der Waals surface area contributed by atoms with Crippen LogP contribution in [0.2, 0.25) is 0 Å². The van der Waals surface area contributed by atoms with Gasteiger partial charge in [0, 0.05) is 6.20 Å². The van der Waals surface area contributed by atoms with E-state index < -0.39 is 0 Å². The molecule has 0 radical (unpaired) electrons. The van der Waals surface area contributed by atoms with Crippen LogP contribution in [0.5, 0.6) is 0 Å². The second-order valence-electron chi connectivity index (χ2n) is 2.85. The zero-order valence-electron chi connectivity index (χ0n) is 7.55. The van der Waals surface area contributed by atoms with Crippen LogP contribution in [0.3, 0.4) is 0 Å². The van der Waals surface area contributed by atoms with E-state index >= 15 is 0 Å². The third kappa shape index (κ3) is 1.26. The van der Waals surface area contributed by atoms with Gasteiger partial charge in [0.25, 0.3) is 0 Å². The maximum atomic E-state index is 9.09. The first-order valence-corrected chi connectivity index (χ1v) is 3.99. The van der Waals surface area contributed by atoms with Crippen LogP contribution in [0, 0.1) is 0 Å². The summed E-state index contributed by atoms with van der Waals surface area (Å²) in [6, 6.07) is 0. The van der Waals surface area contributed by atoms with Gasteiger partial charge in [-0.15, -0.1) is 0 Å². The Hall–Kier alpha value is -2.11. The van der Waals surface area contributed by atoms with Gasteiger partial charge in [0.1, 0.15) is 18.4 Å². The van der Waals surface area contributed by atoms with E-state index in [4.69, 9.17) is 10.8 Å². The van der Waals surface area contributed by atoms with Crippen molar-refractivity contribution in [2.24, 2.45) is 0 Å². The fourth-order valence-electron chi connectivity index (χ4n) is 1.17. The predicted octanol–water partition coefficient (Wildman–Crippen LogP) is 0.785. The largest absolute Gasteiger partial charge is 0.511 e. The smallest absolute Gasteiger partial charge is 0.169 e. The highest BCUT2D eigenvalue weighted by atomic mass is 16.3. The molecule has 6 heteroatoms. The Morgan fingerprint density at radius 1 is 1.50 bits per heavy atom. The van der Waals surface area contributed by atoms with Crippen molar-refractivity contribution in [3.8, 4) is 0 Å². The third-order valence-corrected chi connectivity index (χ3v) is 1.71. The lowest BCUT2D eigenvalue weighted by Crippen LogP contribution is -1.94. The molecule has 0 amide bonds. The summed E-state index contributed by atoms with van der Waals surface area (Å²) in [5, 5.41) is 9.09. The maximum absolute atomic E-state index is 9.09. The Labute approximate surface area is 79.7 Å². The molecule has 3 N–H and O–H groups in total. The number of hydrogen-bond acceptors (Lipinski definition) is 5. The molecule has 2 aromatic heterocycles. The lowest BCUT2D eigenvalue weighted by molar-refractivity contribution is 0.417. The van der Waals surface area contributed by atoms with Crippen LogP contribution < -0.4 is 5.73 Å². The van der Waals surface area contributed by atoms with Crippen LogP contribution in [-0.2, 0) is 0 Å². The predicted molar refractivity (Wildman–Crippen MR) is 52.3 cm³/mol. The third-order valence-electron chi connectivity index (χ3n) is 1.71. The number of nitrogens with zero attached hydrogens (tertiary/aromatic N) is 4. The number of aromatic nitrogens is 4. The first kappa shape index (κ1) is 8.49. The van der Waals surface area contributed by atoms with Crippen LogP contribution >= 0.6 is 0 Å². The number of fused-ring (bicyclic) bond motifs is 1. The van der Waals surface area contributed by atoms with Gasteiger partial charge in [-0.2, -0.15) is 0 Å². The van der Waals surface area contributed by atoms with Crippen molar-refractivity contribution in [3.05, 3.63) is 18.4 Å². The van der Waals surface area contributed by atoms with Crippen molar-refractivity contribution in [2.75, 3.05) is 5.73 Å². The average Bonchev–Trinajstić information content (AvgIpc) is 2.49. The van der Waals surface area contributed by atoms with E-state index in [-0.39, 0.29) is 5.76 Å². The minimum absolute atomic E-state index is 0.168. The number of aliphatic hydroxyl groups excluding tert-OH is 1. The van der Waals surface area contributed by atoms with Crippen molar-refractivity contribution in [1.82, 2.24) is 19.5 Å². The summed E-state index contributed by atoms with van der Waals surface area (Å²) >= 11 is 0. The van der Waals surface area contributed by atoms with Gasteiger partial charge in [0.05, 0.1) is 0 Å². The minimum Gasteiger partial charge on any atom is -0.511 e. The molecule has 0 unspecified atom stereocenters. The van der Waals surface area contributed by atoms with Crippen molar-refractivity contribution >= 4 is 23.2 Å². The quantitative estimate of drug-likeness (QED) is 0.650. The Morgan fingerprint density at radius 2 is 2.29 bits per heavy atom. The first-order chi connectivity index (χ1) is 6.68. The van der Waals surface area contributed by atoms with Gasteiger partial charge in [0.2, 0.25) is 0 Å². The zero-order valence-corrected chi connectivity index (χ0v) is 7.55. The fourth-order valence-corrected chi connectivity index (χ4v) is 1.17. The number of nitrogens with two attached hydrogens (primary N) is 1. The maximum Gasteiger partial charge on any atom is 0.169 e. The Balaban J connectivity index is 2.70. The number of hydrogen-bond donors (Lipinski definition) is 2. The molecule has 0 saturated carbocycles. The molecule has 0 aromatic carbocycles. The highest BCUT2D eigenvalue weighted by molar-refractivity contribution is 5.82. The molecular formula is C8H9N5O. The average molecular weight is 191 g/mol. The van der Waals surface area contributed by atoms with Gasteiger partial charge in [-0.25, -0.2) is 15.0 Å². The lowest BCUT2D eigenvalue weighted by Gasteiger charge is -1.96. The Bertz CT molecular complexity index is 497. The molecule has 0 aliphatic carbocycles. The van der Waals surface area contributed by atoms with E-state index in [2.05, 4.69) is 15.0 Å². The fraction of sp³-hybridized carbons (Fsp3) is 0.125. The second-order valence-corrected chi connectivity index (χ2v) is 2.85. The van der Waals surface area contributed by atoms with E-state index in [0.29, 0.717) is 17.0 Å². The number of aliphatic hydroxyl groups is 1. The Morgan fingerprint density at radius 3 is 3.00 bits per heavy atom. The van der Waals surface area contributed by atoms with Crippen LogP contribution in [-0.4, -0.2) is 24.6 Å². The molecule has 2 aromatic rings. The summed E-state index contributed by atoms with van der Waals surface area (Å²) in [7, 11) is 0. The van der Waals surface area contributed by atoms with Crippen molar-refractivity contribution in [3.63, 3.8) is 0 Å². The van der Waals surface area contributed by atoms with Crippen LogP contribution in [0.4, 0.5) is 5.82 Å². The molecule has 2 rings (SSSR count). The summed E-state index contributed by atoms with van der Waals surface area (Å²) < 4.78 is 1.59. The van der Waals surface area contributed by atoms with Gasteiger partial charge in [-0.3, -0.25) is 4.57 Å². The van der Waals surface area contributed by atoms with Crippen molar-refractivity contribution < 1.29 is 5.11 Å². The van der Waals surface area contributed by atoms with Crippen LogP contribution in [0.15, 0.2) is 18.4 Å². The molecule has 0 aliphatic heterocycles. The van der Waals surface area contributed by atoms with Gasteiger partial charge >= 0.3 is 0 Å². The summed E-state index contributed by atoms with van der Waals surface area (Å²) in [5.74, 6) is 0.499. The molecule has 72 valence electrons. The molecule has 0 saturated heterocycles. The second kappa shape index (κ2) is 2.99. The van der Waals surface area contributed by atoms with Crippen LogP contribution in [0.25, 0.3) is 17.4 Å². The number of anilines is 1. The van der Waals surface area contributed by atoms with E-state index in [1.807, 2.05) is 0 Å². The minimum atomic E-state index is 0.168. The van der Waals surface area contributed by atoms with Gasteiger partial charge in [-0.05, 0) is 6.92 Å². The van der Waals surface area contributed by atoms with E-state index in [1.165, 1.54) is 18.9 Å².